The Labute approximate surface area is 144 Å². The van der Waals surface area contributed by atoms with Crippen molar-refractivity contribution in [3.63, 3.8) is 0 Å². The van der Waals surface area contributed by atoms with Gasteiger partial charge in [0.1, 0.15) is 5.82 Å². The number of likely N-dealkylation sites (tertiary alicyclic amines) is 1. The van der Waals surface area contributed by atoms with E-state index in [4.69, 9.17) is 9.47 Å². The van der Waals surface area contributed by atoms with Gasteiger partial charge in [0.25, 0.3) is 0 Å². The third kappa shape index (κ3) is 4.61. The number of hydrogen-bond donors (Lipinski definition) is 0. The second kappa shape index (κ2) is 8.49. The van der Waals surface area contributed by atoms with Crippen LogP contribution in [0.15, 0.2) is 18.2 Å². The number of nitrogens with zero attached hydrogens (tertiary/aromatic N) is 1. The molecule has 3 rings (SSSR count). The van der Waals surface area contributed by atoms with E-state index in [1.807, 2.05) is 0 Å². The lowest BCUT2D eigenvalue weighted by Crippen LogP contribution is -2.35. The highest BCUT2D eigenvalue weighted by Gasteiger charge is 2.25. The molecule has 5 nitrogen and oxygen atoms in total. The van der Waals surface area contributed by atoms with Crippen molar-refractivity contribution in [3.8, 4) is 0 Å². The topological polar surface area (TPSA) is 61.8 Å². The molecule has 1 aromatic rings. The highest BCUT2D eigenvalue weighted by atomic mass is 32.2. The largest absolute Gasteiger partial charge is 0.772 e. The van der Waals surface area contributed by atoms with Crippen molar-refractivity contribution in [1.82, 2.24) is 4.90 Å². The molecule has 0 radical (unpaired) electrons. The predicted octanol–water partition coefficient (Wildman–Crippen LogP) is 2.15. The van der Waals surface area contributed by atoms with Crippen molar-refractivity contribution in [2.24, 2.45) is 0 Å². The van der Waals surface area contributed by atoms with Gasteiger partial charge < -0.3 is 18.9 Å². The third-order valence-electron chi connectivity index (χ3n) is 4.78. The van der Waals surface area contributed by atoms with Gasteiger partial charge in [-0.3, -0.25) is 4.21 Å². The molecule has 24 heavy (non-hydrogen) atoms. The van der Waals surface area contributed by atoms with Crippen molar-refractivity contribution < 1.29 is 22.6 Å². The van der Waals surface area contributed by atoms with Gasteiger partial charge in [-0.25, -0.2) is 4.39 Å². The Morgan fingerprint density at radius 2 is 1.96 bits per heavy atom. The predicted molar refractivity (Wildman–Crippen MR) is 87.7 cm³/mol. The fourth-order valence-corrected chi connectivity index (χ4v) is 3.96. The van der Waals surface area contributed by atoms with Gasteiger partial charge in [-0.1, -0.05) is 29.3 Å². The molecule has 0 spiro atoms. The first kappa shape index (κ1) is 17.9. The lowest BCUT2D eigenvalue weighted by molar-refractivity contribution is -0.0523. The average Bonchev–Trinajstić information content (AvgIpc) is 3.09. The van der Waals surface area contributed by atoms with Gasteiger partial charge in [0.2, 0.25) is 0 Å². The molecule has 2 heterocycles. The Morgan fingerprint density at radius 3 is 2.62 bits per heavy atom. The van der Waals surface area contributed by atoms with Crippen molar-refractivity contribution in [2.75, 3.05) is 32.8 Å². The summed E-state index contributed by atoms with van der Waals surface area (Å²) in [6.45, 7) is 4.10. The molecule has 7 heteroatoms. The normalized spacial score (nSPS) is 22.1. The molecule has 2 aliphatic rings. The van der Waals surface area contributed by atoms with Crippen molar-refractivity contribution in [3.05, 3.63) is 35.1 Å². The van der Waals surface area contributed by atoms with Gasteiger partial charge in [0.05, 0.1) is 13.2 Å². The number of halogens is 1. The summed E-state index contributed by atoms with van der Waals surface area (Å²) in [6.07, 6.45) is 2.55. The molecule has 0 N–H and O–H groups in total. The summed E-state index contributed by atoms with van der Waals surface area (Å²) in [4.78, 5) is 2.36. The van der Waals surface area contributed by atoms with E-state index >= 15 is 0 Å². The van der Waals surface area contributed by atoms with Crippen LogP contribution in [0.4, 0.5) is 4.39 Å². The second-order valence-electron chi connectivity index (χ2n) is 6.34. The maximum Gasteiger partial charge on any atom is 0.159 e. The summed E-state index contributed by atoms with van der Waals surface area (Å²) in [6, 6.07) is 5.08. The third-order valence-corrected chi connectivity index (χ3v) is 5.33. The average molecular weight is 356 g/mol. The van der Waals surface area contributed by atoms with E-state index in [0.29, 0.717) is 18.8 Å². The van der Waals surface area contributed by atoms with Crippen molar-refractivity contribution in [2.45, 2.75) is 37.2 Å². The van der Waals surface area contributed by atoms with Crippen LogP contribution in [0.1, 0.15) is 36.3 Å². The summed E-state index contributed by atoms with van der Waals surface area (Å²) in [5.74, 6) is -0.465. The van der Waals surface area contributed by atoms with Crippen LogP contribution in [0.3, 0.4) is 0 Å². The minimum Gasteiger partial charge on any atom is -0.772 e. The molecule has 1 atom stereocenters. The van der Waals surface area contributed by atoms with Crippen LogP contribution in [0.2, 0.25) is 0 Å². The molecule has 0 amide bonds. The van der Waals surface area contributed by atoms with Crippen LogP contribution >= 0.6 is 0 Å². The second-order valence-corrected chi connectivity index (χ2v) is 7.24. The maximum atomic E-state index is 14.5. The number of ether oxygens (including phenoxy) is 2. The molecule has 0 saturated carbocycles. The molecular weight excluding hydrogens is 333 g/mol. The van der Waals surface area contributed by atoms with Gasteiger partial charge >= 0.3 is 0 Å². The van der Waals surface area contributed by atoms with Crippen LogP contribution in [-0.4, -0.2) is 52.8 Å². The summed E-state index contributed by atoms with van der Waals surface area (Å²) in [7, 11) is 0. The zero-order valence-corrected chi connectivity index (χ0v) is 14.4. The zero-order chi connectivity index (χ0) is 16.9. The van der Waals surface area contributed by atoms with Crippen LogP contribution in [-0.2, 0) is 26.3 Å². The lowest BCUT2D eigenvalue weighted by Gasteiger charge is -2.33. The summed E-state index contributed by atoms with van der Waals surface area (Å²) < 4.78 is 47.1. The zero-order valence-electron chi connectivity index (χ0n) is 13.6. The van der Waals surface area contributed by atoms with Crippen molar-refractivity contribution in [1.29, 1.82) is 0 Å². The minimum absolute atomic E-state index is 0.0789. The van der Waals surface area contributed by atoms with Crippen molar-refractivity contribution >= 4 is 11.1 Å². The quantitative estimate of drug-likeness (QED) is 0.731. The van der Waals surface area contributed by atoms with Crippen LogP contribution in [0.5, 0.6) is 0 Å². The summed E-state index contributed by atoms with van der Waals surface area (Å²) >= 11 is -2.27. The van der Waals surface area contributed by atoms with Gasteiger partial charge in [-0.15, -0.1) is 0 Å². The molecule has 0 aromatic heterocycles. The highest BCUT2D eigenvalue weighted by molar-refractivity contribution is 7.78. The number of rotatable bonds is 6. The molecular formula is C17H23FNO4S-. The highest BCUT2D eigenvalue weighted by Crippen LogP contribution is 2.31. The molecule has 2 saturated heterocycles. The first-order valence-corrected chi connectivity index (χ1v) is 9.66. The Balaban J connectivity index is 1.53. The first-order chi connectivity index (χ1) is 11.6. The molecule has 134 valence electrons. The number of benzene rings is 1. The minimum atomic E-state index is -2.27. The SMILES string of the molecule is O=S([O-])Cc1cccc(C2CCN(CCC3OCCO3)CC2)c1F. The van der Waals surface area contributed by atoms with Crippen LogP contribution in [0.25, 0.3) is 0 Å². The Bertz CT molecular complexity index is 572. The van der Waals surface area contributed by atoms with Gasteiger partial charge in [-0.05, 0) is 43.0 Å². The van der Waals surface area contributed by atoms with E-state index in [2.05, 4.69) is 4.90 Å². The van der Waals surface area contributed by atoms with E-state index in [9.17, 15) is 13.2 Å². The lowest BCUT2D eigenvalue weighted by atomic mass is 9.88. The Morgan fingerprint density at radius 1 is 1.25 bits per heavy atom. The van der Waals surface area contributed by atoms with E-state index in [1.165, 1.54) is 0 Å². The molecule has 2 aliphatic heterocycles. The Kier molecular flexibility index (Phi) is 6.35. The first-order valence-electron chi connectivity index (χ1n) is 8.42. The summed E-state index contributed by atoms with van der Waals surface area (Å²) in [5.41, 5.74) is 0.916. The van der Waals surface area contributed by atoms with E-state index in [-0.39, 0.29) is 29.3 Å². The number of hydrogen-bond acceptors (Lipinski definition) is 5. The maximum absolute atomic E-state index is 14.5. The number of piperidine rings is 1. The van der Waals surface area contributed by atoms with Gasteiger partial charge in [-0.2, -0.15) is 0 Å². The molecule has 1 aromatic carbocycles. The summed E-state index contributed by atoms with van der Waals surface area (Å²) in [5, 5.41) is 0. The Hall–Kier alpha value is -0.860. The van der Waals surface area contributed by atoms with Gasteiger partial charge in [0.15, 0.2) is 6.29 Å². The van der Waals surface area contributed by atoms with Crippen LogP contribution < -0.4 is 0 Å². The smallest absolute Gasteiger partial charge is 0.159 e. The molecule has 1 unspecified atom stereocenters. The van der Waals surface area contributed by atoms with Gasteiger partial charge in [0, 0.05) is 18.7 Å². The molecule has 0 aliphatic carbocycles. The molecule has 2 fully saturated rings. The van der Waals surface area contributed by atoms with Crippen LogP contribution in [0, 0.1) is 5.82 Å². The molecule has 0 bridgehead atoms. The fourth-order valence-electron chi connectivity index (χ4n) is 3.48. The van der Waals surface area contributed by atoms with E-state index < -0.39 is 11.1 Å². The van der Waals surface area contributed by atoms with E-state index in [0.717, 1.165) is 38.9 Å². The standard InChI is InChI=1S/C17H24FNO4S/c18-17-14(12-24(20)21)2-1-3-15(17)13-4-7-19(8-5-13)9-6-16-22-10-11-23-16/h1-3,13,16H,4-12H2,(H,20,21)/p-1. The van der Waals surface area contributed by atoms with E-state index in [1.54, 1.807) is 18.2 Å². The monoisotopic (exact) mass is 356 g/mol. The fraction of sp³-hybridized carbons (Fsp3) is 0.647.